The molecule has 12 rings (SSSR count). The van der Waals surface area contributed by atoms with Crippen molar-refractivity contribution in [2.24, 2.45) is 0 Å². The van der Waals surface area contributed by atoms with Gasteiger partial charge in [0.1, 0.15) is 0 Å². The summed E-state index contributed by atoms with van der Waals surface area (Å²) < 4.78 is 2.43. The van der Waals surface area contributed by atoms with Crippen molar-refractivity contribution in [2.75, 3.05) is 4.90 Å². The van der Waals surface area contributed by atoms with Crippen LogP contribution in [0.25, 0.3) is 71.3 Å². The van der Waals surface area contributed by atoms with Crippen LogP contribution in [0.3, 0.4) is 0 Å². The van der Waals surface area contributed by atoms with Crippen LogP contribution in [-0.2, 0) is 5.41 Å². The van der Waals surface area contributed by atoms with Crippen LogP contribution in [0, 0.1) is 0 Å². The predicted molar refractivity (Wildman–Crippen MR) is 253 cm³/mol. The quantitative estimate of drug-likeness (QED) is 0.164. The van der Waals surface area contributed by atoms with Crippen molar-refractivity contribution >= 4 is 60.4 Å². The van der Waals surface area contributed by atoms with Gasteiger partial charge in [0.25, 0.3) is 0 Å². The van der Waals surface area contributed by atoms with Gasteiger partial charge >= 0.3 is 0 Å². The van der Waals surface area contributed by atoms with Gasteiger partial charge in [-0.1, -0.05) is 164 Å². The summed E-state index contributed by atoms with van der Waals surface area (Å²) in [5.74, 6) is 0. The Labute approximate surface area is 349 Å². The van der Waals surface area contributed by atoms with Crippen LogP contribution >= 0.6 is 0 Å². The molecule has 0 radical (unpaired) electrons. The average Bonchev–Trinajstić information content (AvgIpc) is 3.78. The smallest absolute Gasteiger partial charge is 0.0541 e. The summed E-state index contributed by atoms with van der Waals surface area (Å²) in [6.07, 6.45) is 0. The zero-order valence-corrected chi connectivity index (χ0v) is 33.3. The molecular formula is C58H40N2. The monoisotopic (exact) mass is 764 g/mol. The van der Waals surface area contributed by atoms with E-state index in [2.05, 4.69) is 241 Å². The first-order chi connectivity index (χ1) is 29.6. The number of hydrogen-bond acceptors (Lipinski definition) is 1. The summed E-state index contributed by atoms with van der Waals surface area (Å²) >= 11 is 0. The largest absolute Gasteiger partial charge is 0.310 e. The first-order valence-corrected chi connectivity index (χ1v) is 20.8. The molecule has 1 aliphatic rings. The normalized spacial score (nSPS) is 12.9. The van der Waals surface area contributed by atoms with E-state index in [0.29, 0.717) is 0 Å². The molecular weight excluding hydrogens is 725 g/mol. The number of rotatable bonds is 6. The molecule has 2 heteroatoms. The number of benzene rings is 10. The minimum atomic E-state index is -0.255. The van der Waals surface area contributed by atoms with Crippen molar-refractivity contribution in [3.63, 3.8) is 0 Å². The molecule has 11 aromatic rings. The zero-order chi connectivity index (χ0) is 39.8. The molecule has 2 nitrogen and oxygen atoms in total. The molecule has 0 amide bonds. The fourth-order valence-electron chi connectivity index (χ4n) is 10.1. The van der Waals surface area contributed by atoms with E-state index in [0.717, 1.165) is 17.1 Å². The molecule has 0 atom stereocenters. The van der Waals surface area contributed by atoms with Gasteiger partial charge in [-0.2, -0.15) is 0 Å². The van der Waals surface area contributed by atoms with E-state index in [9.17, 15) is 0 Å². The molecule has 0 saturated heterocycles. The van der Waals surface area contributed by atoms with Gasteiger partial charge in [-0.3, -0.25) is 0 Å². The molecule has 282 valence electrons. The van der Waals surface area contributed by atoms with E-state index in [-0.39, 0.29) is 5.41 Å². The maximum absolute atomic E-state index is 2.43. The van der Waals surface area contributed by atoms with Crippen LogP contribution in [0.4, 0.5) is 17.1 Å². The summed E-state index contributed by atoms with van der Waals surface area (Å²) in [6.45, 7) is 2.38. The second-order valence-corrected chi connectivity index (χ2v) is 16.3. The first-order valence-electron chi connectivity index (χ1n) is 20.8. The van der Waals surface area contributed by atoms with Gasteiger partial charge in [-0.25, -0.2) is 0 Å². The van der Waals surface area contributed by atoms with E-state index >= 15 is 0 Å². The van der Waals surface area contributed by atoms with E-state index in [1.807, 2.05) is 0 Å². The lowest BCUT2D eigenvalue weighted by atomic mass is 9.74. The van der Waals surface area contributed by atoms with Gasteiger partial charge in [0.2, 0.25) is 0 Å². The Hall–Kier alpha value is -7.68. The molecule has 0 bridgehead atoms. The number of para-hydroxylation sites is 1. The summed E-state index contributed by atoms with van der Waals surface area (Å²) in [5.41, 5.74) is 15.7. The lowest BCUT2D eigenvalue weighted by Gasteiger charge is -2.30. The maximum atomic E-state index is 2.43. The number of nitrogens with zero attached hydrogens (tertiary/aromatic N) is 2. The Morgan fingerprint density at radius 1 is 0.367 bits per heavy atom. The molecule has 0 fully saturated rings. The summed E-state index contributed by atoms with van der Waals surface area (Å²) in [7, 11) is 0. The third-order valence-corrected chi connectivity index (χ3v) is 13.0. The molecule has 0 spiro atoms. The number of hydrogen-bond donors (Lipinski definition) is 0. The lowest BCUT2D eigenvalue weighted by molar-refractivity contribution is 0.714. The molecule has 0 aliphatic heterocycles. The van der Waals surface area contributed by atoms with Gasteiger partial charge < -0.3 is 9.47 Å². The SMILES string of the molecule is CC1(c2ccc(N(c3cccc(-c4ccc5c(c4)c4ccccc4n5-c4cccc5ccccc45)c3)c3ccc4ccccc4c3)cc2)c2ccccc2-c2ccccc21. The van der Waals surface area contributed by atoms with E-state index in [4.69, 9.17) is 0 Å². The fraction of sp³-hybridized carbons (Fsp3) is 0.0345. The van der Waals surface area contributed by atoms with E-state index in [1.54, 1.807) is 0 Å². The Morgan fingerprint density at radius 3 is 1.75 bits per heavy atom. The number of fused-ring (bicyclic) bond motifs is 8. The number of anilines is 3. The minimum absolute atomic E-state index is 0.255. The predicted octanol–water partition coefficient (Wildman–Crippen LogP) is 15.6. The van der Waals surface area contributed by atoms with Crippen LogP contribution in [0.2, 0.25) is 0 Å². The average molecular weight is 765 g/mol. The van der Waals surface area contributed by atoms with Crippen LogP contribution < -0.4 is 4.90 Å². The molecule has 10 aromatic carbocycles. The van der Waals surface area contributed by atoms with Gasteiger partial charge in [-0.15, -0.1) is 0 Å². The Bertz CT molecular complexity index is 3410. The van der Waals surface area contributed by atoms with Crippen molar-refractivity contribution < 1.29 is 0 Å². The second kappa shape index (κ2) is 13.4. The highest BCUT2D eigenvalue weighted by Gasteiger charge is 2.40. The Morgan fingerprint density at radius 2 is 0.950 bits per heavy atom. The number of aromatic nitrogens is 1. The molecule has 0 unspecified atom stereocenters. The van der Waals surface area contributed by atoms with E-state index < -0.39 is 0 Å². The third kappa shape index (κ3) is 5.21. The minimum Gasteiger partial charge on any atom is -0.310 e. The van der Waals surface area contributed by atoms with Crippen LogP contribution in [0.5, 0.6) is 0 Å². The van der Waals surface area contributed by atoms with Gasteiger partial charge in [0.05, 0.1) is 16.7 Å². The van der Waals surface area contributed by atoms with Crippen molar-refractivity contribution in [1.82, 2.24) is 4.57 Å². The molecule has 1 aromatic heterocycles. The van der Waals surface area contributed by atoms with Crippen molar-refractivity contribution in [3.8, 4) is 27.9 Å². The van der Waals surface area contributed by atoms with Crippen LogP contribution in [0.1, 0.15) is 23.6 Å². The summed E-state index contributed by atoms with van der Waals surface area (Å²) in [4.78, 5) is 2.41. The van der Waals surface area contributed by atoms with Crippen molar-refractivity contribution in [2.45, 2.75) is 12.3 Å². The highest BCUT2D eigenvalue weighted by molar-refractivity contribution is 6.11. The molecule has 1 heterocycles. The molecule has 0 N–H and O–H groups in total. The van der Waals surface area contributed by atoms with Gasteiger partial charge in [0, 0.05) is 38.6 Å². The topological polar surface area (TPSA) is 8.17 Å². The lowest BCUT2D eigenvalue weighted by Crippen LogP contribution is -2.22. The highest BCUT2D eigenvalue weighted by Crippen LogP contribution is 2.52. The third-order valence-electron chi connectivity index (χ3n) is 13.0. The zero-order valence-electron chi connectivity index (χ0n) is 33.3. The van der Waals surface area contributed by atoms with Crippen molar-refractivity contribution in [3.05, 3.63) is 241 Å². The maximum Gasteiger partial charge on any atom is 0.0541 e. The summed E-state index contributed by atoms with van der Waals surface area (Å²) in [6, 6.07) is 82.6. The van der Waals surface area contributed by atoms with Crippen molar-refractivity contribution in [1.29, 1.82) is 0 Å². The van der Waals surface area contributed by atoms with Crippen LogP contribution in [-0.4, -0.2) is 4.57 Å². The molecule has 0 saturated carbocycles. The second-order valence-electron chi connectivity index (χ2n) is 16.3. The summed E-state index contributed by atoms with van der Waals surface area (Å²) in [5, 5.41) is 7.42. The highest BCUT2D eigenvalue weighted by atomic mass is 15.1. The Kier molecular flexibility index (Phi) is 7.70. The Balaban J connectivity index is 0.991. The van der Waals surface area contributed by atoms with Crippen LogP contribution in [0.15, 0.2) is 224 Å². The first kappa shape index (κ1) is 34.4. The van der Waals surface area contributed by atoms with Gasteiger partial charge in [0.15, 0.2) is 0 Å². The van der Waals surface area contributed by atoms with Gasteiger partial charge in [-0.05, 0) is 123 Å². The standard InChI is InChI=1S/C58H40N2/c1-58(53-24-9-6-21-49(53)50-22-7-10-25-54(50)58)44-30-33-45(34-31-44)59(47-32-28-39-14-2-3-16-41(39)36-47)46-19-12-18-42(37-46)43-29-35-57-52(38-43)51-23-8-11-26-56(51)60(57)55-27-13-17-40-15-4-5-20-48(40)55/h2-38H,1H3. The fourth-order valence-corrected chi connectivity index (χ4v) is 10.1. The molecule has 60 heavy (non-hydrogen) atoms. The molecule has 1 aliphatic carbocycles. The van der Waals surface area contributed by atoms with E-state index in [1.165, 1.54) is 88.0 Å².